The van der Waals surface area contributed by atoms with Crippen molar-refractivity contribution in [3.63, 3.8) is 0 Å². The minimum atomic E-state index is 0.377. The number of nitrogens with zero attached hydrogens (tertiary/aromatic N) is 4. The first kappa shape index (κ1) is 24.6. The van der Waals surface area contributed by atoms with Crippen LogP contribution < -0.4 is 26.6 Å². The molecule has 0 amide bonds. The van der Waals surface area contributed by atoms with Crippen molar-refractivity contribution in [1.82, 2.24) is 15.0 Å². The number of nitrogens with one attached hydrogen (secondary N) is 3. The average molecular weight is 503 g/mol. The topological polar surface area (TPSA) is 104 Å². The fourth-order valence-electron chi connectivity index (χ4n) is 4.09. The summed E-state index contributed by atoms with van der Waals surface area (Å²) in [6, 6.07) is 23.9. The maximum atomic E-state index is 6.23. The van der Waals surface area contributed by atoms with Crippen LogP contribution in [-0.2, 0) is 0 Å². The number of benzene rings is 2. The molecule has 0 unspecified atom stereocenters. The molecule has 0 aliphatic heterocycles. The number of rotatable bonds is 8. The Morgan fingerprint density at radius 3 is 2.34 bits per heavy atom. The Morgan fingerprint density at radius 2 is 1.61 bits per heavy atom. The van der Waals surface area contributed by atoms with E-state index in [1.54, 1.807) is 6.20 Å². The monoisotopic (exact) mass is 502 g/mol. The lowest BCUT2D eigenvalue weighted by Gasteiger charge is -2.16. The molecule has 3 aromatic heterocycles. The molecule has 38 heavy (non-hydrogen) atoms. The van der Waals surface area contributed by atoms with E-state index in [0.29, 0.717) is 17.3 Å². The van der Waals surface area contributed by atoms with Gasteiger partial charge in [-0.05, 0) is 73.2 Å². The van der Waals surface area contributed by atoms with E-state index in [4.69, 9.17) is 5.73 Å². The van der Waals surface area contributed by atoms with E-state index in [2.05, 4.69) is 54.5 Å². The Morgan fingerprint density at radius 1 is 0.816 bits per heavy atom. The highest BCUT2D eigenvalue weighted by atomic mass is 15.1. The van der Waals surface area contributed by atoms with Crippen LogP contribution in [0.4, 0.5) is 40.1 Å². The van der Waals surface area contributed by atoms with Gasteiger partial charge in [0, 0.05) is 66.0 Å². The molecular formula is C30H30N8. The molecule has 0 aliphatic rings. The van der Waals surface area contributed by atoms with Gasteiger partial charge in [0.2, 0.25) is 0 Å². The van der Waals surface area contributed by atoms with Crippen LogP contribution in [0.15, 0.2) is 91.8 Å². The number of nitrogens with two attached hydrogens (primary N) is 1. The fraction of sp³-hybridized carbons (Fsp3) is 0.100. The van der Waals surface area contributed by atoms with Gasteiger partial charge >= 0.3 is 0 Å². The van der Waals surface area contributed by atoms with Crippen LogP contribution in [0.3, 0.4) is 0 Å². The first-order valence-corrected chi connectivity index (χ1v) is 12.2. The Balaban J connectivity index is 1.27. The number of nitrogen functional groups attached to an aromatic ring is 1. The van der Waals surface area contributed by atoms with Crippen LogP contribution in [-0.4, -0.2) is 29.0 Å². The van der Waals surface area contributed by atoms with Crippen molar-refractivity contribution in [2.24, 2.45) is 0 Å². The molecule has 8 heteroatoms. The number of pyridine rings is 3. The van der Waals surface area contributed by atoms with Gasteiger partial charge in [0.25, 0.3) is 0 Å². The van der Waals surface area contributed by atoms with Gasteiger partial charge in [-0.2, -0.15) is 0 Å². The Kier molecular flexibility index (Phi) is 6.78. The van der Waals surface area contributed by atoms with Crippen LogP contribution >= 0.6 is 0 Å². The third-order valence-electron chi connectivity index (χ3n) is 6.13. The highest BCUT2D eigenvalue weighted by Gasteiger charge is 2.08. The number of fused-ring (bicyclic) bond motifs is 1. The summed E-state index contributed by atoms with van der Waals surface area (Å²) in [5.74, 6) is 1.03. The lowest BCUT2D eigenvalue weighted by atomic mass is 10.1. The highest BCUT2D eigenvalue weighted by Crippen LogP contribution is 2.30. The second kappa shape index (κ2) is 10.5. The smallest absolute Gasteiger partial charge is 0.149 e. The number of aryl methyl sites for hydroxylation is 1. The van der Waals surface area contributed by atoms with E-state index in [1.807, 2.05) is 87.9 Å². The number of anilines is 7. The molecule has 0 atom stereocenters. The average Bonchev–Trinajstić information content (AvgIpc) is 2.90. The zero-order valence-electron chi connectivity index (χ0n) is 21.7. The van der Waals surface area contributed by atoms with Gasteiger partial charge in [-0.15, -0.1) is 0 Å². The molecule has 190 valence electrons. The molecule has 0 bridgehead atoms. The summed E-state index contributed by atoms with van der Waals surface area (Å²) in [6.45, 7) is 6.13. The Bertz CT molecular complexity index is 1610. The predicted molar refractivity (Wildman–Crippen MR) is 159 cm³/mol. The van der Waals surface area contributed by atoms with Gasteiger partial charge in [-0.1, -0.05) is 18.7 Å². The molecule has 5 aromatic rings. The Hall–Kier alpha value is -5.11. The van der Waals surface area contributed by atoms with Crippen molar-refractivity contribution in [2.45, 2.75) is 6.92 Å². The molecule has 0 radical (unpaired) electrons. The number of hydrogen-bond acceptors (Lipinski definition) is 8. The number of aromatic nitrogens is 3. The van der Waals surface area contributed by atoms with Crippen molar-refractivity contribution >= 4 is 56.7 Å². The van der Waals surface area contributed by atoms with E-state index >= 15 is 0 Å². The van der Waals surface area contributed by atoms with E-state index in [-0.39, 0.29) is 0 Å². The first-order valence-electron chi connectivity index (χ1n) is 12.2. The van der Waals surface area contributed by atoms with Crippen LogP contribution in [0.5, 0.6) is 0 Å². The van der Waals surface area contributed by atoms with Crippen LogP contribution in [0.2, 0.25) is 0 Å². The number of hydrogen-bond donors (Lipinski definition) is 4. The molecule has 8 nitrogen and oxygen atoms in total. The summed E-state index contributed by atoms with van der Waals surface area (Å²) in [4.78, 5) is 15.3. The quantitative estimate of drug-likeness (QED) is 0.189. The standard InChI is InChI=1S/C30H30N8/c1-19-17-23(13-15-32-19)36-29-12-11-28(30(31)37-29)34-20(2)21-5-7-22(8-6-21)35-27-14-16-33-26-10-9-24(38(3)4)18-25(26)27/h5-18,34H,2H2,1,3-4H3,(H,33,35)(H3,31,32,36,37). The predicted octanol–water partition coefficient (Wildman–Crippen LogP) is 6.55. The van der Waals surface area contributed by atoms with Crippen molar-refractivity contribution in [1.29, 1.82) is 0 Å². The summed E-state index contributed by atoms with van der Waals surface area (Å²) < 4.78 is 0. The highest BCUT2D eigenvalue weighted by molar-refractivity contribution is 5.95. The molecule has 5 rings (SSSR count). The first-order chi connectivity index (χ1) is 18.4. The maximum Gasteiger partial charge on any atom is 0.149 e. The van der Waals surface area contributed by atoms with Gasteiger partial charge < -0.3 is 26.6 Å². The SMILES string of the molecule is C=C(Nc1ccc(Nc2ccnc(C)c2)nc1N)c1ccc(Nc2ccnc3ccc(N(C)C)cc23)cc1. The molecule has 0 saturated heterocycles. The summed E-state index contributed by atoms with van der Waals surface area (Å²) in [5.41, 5.74) is 14.4. The normalized spacial score (nSPS) is 10.7. The minimum Gasteiger partial charge on any atom is -0.382 e. The van der Waals surface area contributed by atoms with E-state index in [0.717, 1.165) is 50.6 Å². The van der Waals surface area contributed by atoms with Gasteiger partial charge in [0.05, 0.1) is 11.2 Å². The summed E-state index contributed by atoms with van der Waals surface area (Å²) in [5, 5.41) is 11.1. The second-order valence-electron chi connectivity index (χ2n) is 9.20. The third-order valence-corrected chi connectivity index (χ3v) is 6.13. The van der Waals surface area contributed by atoms with E-state index < -0.39 is 0 Å². The van der Waals surface area contributed by atoms with Crippen LogP contribution in [0.1, 0.15) is 11.3 Å². The van der Waals surface area contributed by atoms with Gasteiger partial charge in [0.15, 0.2) is 0 Å². The summed E-state index contributed by atoms with van der Waals surface area (Å²) in [6.07, 6.45) is 3.57. The fourth-order valence-corrected chi connectivity index (χ4v) is 4.09. The lowest BCUT2D eigenvalue weighted by molar-refractivity contribution is 1.13. The molecule has 0 fully saturated rings. The lowest BCUT2D eigenvalue weighted by Crippen LogP contribution is -2.08. The van der Waals surface area contributed by atoms with Crippen LogP contribution in [0.25, 0.3) is 16.6 Å². The largest absolute Gasteiger partial charge is 0.382 e. The van der Waals surface area contributed by atoms with Crippen molar-refractivity contribution in [3.05, 3.63) is 103 Å². The Labute approximate surface area is 222 Å². The van der Waals surface area contributed by atoms with Gasteiger partial charge in [0.1, 0.15) is 11.6 Å². The summed E-state index contributed by atoms with van der Waals surface area (Å²) >= 11 is 0. The molecule has 5 N–H and O–H groups in total. The van der Waals surface area contributed by atoms with Crippen molar-refractivity contribution in [3.8, 4) is 0 Å². The van der Waals surface area contributed by atoms with E-state index in [1.165, 1.54) is 0 Å². The second-order valence-corrected chi connectivity index (χ2v) is 9.20. The third kappa shape index (κ3) is 5.49. The van der Waals surface area contributed by atoms with E-state index in [9.17, 15) is 0 Å². The van der Waals surface area contributed by atoms with Gasteiger partial charge in [-0.25, -0.2) is 4.98 Å². The zero-order chi connectivity index (χ0) is 26.6. The molecule has 2 aromatic carbocycles. The van der Waals surface area contributed by atoms with Crippen molar-refractivity contribution in [2.75, 3.05) is 40.7 Å². The van der Waals surface area contributed by atoms with Gasteiger partial charge in [-0.3, -0.25) is 9.97 Å². The molecule has 0 saturated carbocycles. The van der Waals surface area contributed by atoms with Crippen molar-refractivity contribution < 1.29 is 0 Å². The molecule has 0 spiro atoms. The maximum absolute atomic E-state index is 6.23. The van der Waals surface area contributed by atoms with Crippen LogP contribution in [0, 0.1) is 6.92 Å². The zero-order valence-corrected chi connectivity index (χ0v) is 21.7. The molecule has 0 aliphatic carbocycles. The molecule has 3 heterocycles. The minimum absolute atomic E-state index is 0.377. The molecular weight excluding hydrogens is 472 g/mol. The summed E-state index contributed by atoms with van der Waals surface area (Å²) in [7, 11) is 4.06.